The summed E-state index contributed by atoms with van der Waals surface area (Å²) in [4.78, 5) is 23.0. The molecular weight excluding hydrogens is 330 g/mol. The first-order valence-corrected chi connectivity index (χ1v) is 9.63. The highest BCUT2D eigenvalue weighted by Gasteiger charge is 2.10. The monoisotopic (exact) mass is 359 g/mol. The SMILES string of the molecule is O=C(NCCC1=CCCCC1)c1cnc(NCCN2CCOCC2)nc1. The van der Waals surface area contributed by atoms with Crippen molar-refractivity contribution in [2.75, 3.05) is 51.3 Å². The van der Waals surface area contributed by atoms with Gasteiger partial charge in [0.15, 0.2) is 0 Å². The Morgan fingerprint density at radius 1 is 1.15 bits per heavy atom. The third kappa shape index (κ3) is 6.07. The summed E-state index contributed by atoms with van der Waals surface area (Å²) in [5, 5.41) is 6.15. The van der Waals surface area contributed by atoms with Crippen LogP contribution in [0.4, 0.5) is 5.95 Å². The summed E-state index contributed by atoms with van der Waals surface area (Å²) in [6.07, 6.45) is 11.3. The van der Waals surface area contributed by atoms with Crippen LogP contribution in [0.5, 0.6) is 0 Å². The second kappa shape index (κ2) is 10.2. The van der Waals surface area contributed by atoms with Gasteiger partial charge in [0.1, 0.15) is 0 Å². The number of ether oxygens (including phenoxy) is 1. The van der Waals surface area contributed by atoms with Crippen LogP contribution < -0.4 is 10.6 Å². The van der Waals surface area contributed by atoms with Crippen LogP contribution >= 0.6 is 0 Å². The van der Waals surface area contributed by atoms with Crippen molar-refractivity contribution in [3.63, 3.8) is 0 Å². The predicted octanol–water partition coefficient (Wildman–Crippen LogP) is 1.84. The van der Waals surface area contributed by atoms with Crippen LogP contribution in [0.3, 0.4) is 0 Å². The first-order chi connectivity index (χ1) is 12.8. The van der Waals surface area contributed by atoms with E-state index in [0.29, 0.717) is 18.1 Å². The highest BCUT2D eigenvalue weighted by atomic mass is 16.5. The quantitative estimate of drug-likeness (QED) is 0.690. The number of aromatic nitrogens is 2. The predicted molar refractivity (Wildman–Crippen MR) is 101 cm³/mol. The van der Waals surface area contributed by atoms with Crippen molar-refractivity contribution in [3.05, 3.63) is 29.6 Å². The molecule has 1 amide bonds. The summed E-state index contributed by atoms with van der Waals surface area (Å²) in [7, 11) is 0. The Morgan fingerprint density at radius 3 is 2.69 bits per heavy atom. The van der Waals surface area contributed by atoms with Crippen molar-refractivity contribution in [3.8, 4) is 0 Å². The fraction of sp³-hybridized carbons (Fsp3) is 0.632. The van der Waals surface area contributed by atoms with Crippen LogP contribution in [0.15, 0.2) is 24.0 Å². The zero-order chi connectivity index (χ0) is 18.0. The molecule has 1 aliphatic heterocycles. The van der Waals surface area contributed by atoms with E-state index >= 15 is 0 Å². The van der Waals surface area contributed by atoms with Crippen LogP contribution in [-0.4, -0.2) is 66.7 Å². The molecule has 0 saturated carbocycles. The molecule has 2 N–H and O–H groups in total. The second-order valence-corrected chi connectivity index (χ2v) is 6.79. The normalized spacial score (nSPS) is 18.2. The Labute approximate surface area is 155 Å². The molecule has 26 heavy (non-hydrogen) atoms. The Bertz CT molecular complexity index is 596. The molecular formula is C19H29N5O2. The van der Waals surface area contributed by atoms with Crippen molar-refractivity contribution in [1.82, 2.24) is 20.2 Å². The fourth-order valence-corrected chi connectivity index (χ4v) is 3.26. The fourth-order valence-electron chi connectivity index (χ4n) is 3.26. The van der Waals surface area contributed by atoms with E-state index in [1.165, 1.54) is 31.3 Å². The smallest absolute Gasteiger partial charge is 0.254 e. The summed E-state index contributed by atoms with van der Waals surface area (Å²) in [6, 6.07) is 0. The Balaban J connectivity index is 1.36. The summed E-state index contributed by atoms with van der Waals surface area (Å²) in [6.45, 7) is 5.93. The minimum Gasteiger partial charge on any atom is -0.379 e. The lowest BCUT2D eigenvalue weighted by atomic mass is 9.97. The molecule has 0 unspecified atom stereocenters. The topological polar surface area (TPSA) is 79.4 Å². The third-order valence-electron chi connectivity index (χ3n) is 4.85. The molecule has 3 rings (SSSR count). The maximum atomic E-state index is 12.2. The van der Waals surface area contributed by atoms with E-state index in [-0.39, 0.29) is 5.91 Å². The number of allylic oxidation sites excluding steroid dienone is 1. The van der Waals surface area contributed by atoms with Crippen molar-refractivity contribution in [2.45, 2.75) is 32.1 Å². The third-order valence-corrected chi connectivity index (χ3v) is 4.85. The van der Waals surface area contributed by atoms with Gasteiger partial charge in [-0.05, 0) is 32.1 Å². The van der Waals surface area contributed by atoms with E-state index < -0.39 is 0 Å². The van der Waals surface area contributed by atoms with Gasteiger partial charge in [-0.25, -0.2) is 9.97 Å². The standard InChI is InChI=1S/C19H29N5O2/c25-18(20-7-6-16-4-2-1-3-5-16)17-14-22-19(23-15-17)21-8-9-24-10-12-26-13-11-24/h4,14-15H,1-3,5-13H2,(H,20,25)(H,21,22,23). The van der Waals surface area contributed by atoms with Crippen LogP contribution in [0.25, 0.3) is 0 Å². The zero-order valence-corrected chi connectivity index (χ0v) is 15.4. The molecule has 1 fully saturated rings. The first kappa shape index (κ1) is 18.8. The van der Waals surface area contributed by atoms with E-state index in [1.54, 1.807) is 12.4 Å². The maximum absolute atomic E-state index is 12.2. The average Bonchev–Trinajstić information content (AvgIpc) is 2.70. The molecule has 2 heterocycles. The van der Waals surface area contributed by atoms with Gasteiger partial charge in [-0.15, -0.1) is 0 Å². The van der Waals surface area contributed by atoms with E-state index in [9.17, 15) is 4.79 Å². The largest absolute Gasteiger partial charge is 0.379 e. The summed E-state index contributed by atoms with van der Waals surface area (Å²) in [5.41, 5.74) is 1.97. The maximum Gasteiger partial charge on any atom is 0.254 e. The van der Waals surface area contributed by atoms with Gasteiger partial charge >= 0.3 is 0 Å². The number of anilines is 1. The van der Waals surface area contributed by atoms with Crippen molar-refractivity contribution in [2.24, 2.45) is 0 Å². The van der Waals surface area contributed by atoms with Gasteiger partial charge in [-0.3, -0.25) is 9.69 Å². The first-order valence-electron chi connectivity index (χ1n) is 9.63. The highest BCUT2D eigenvalue weighted by molar-refractivity contribution is 5.93. The molecule has 0 atom stereocenters. The van der Waals surface area contributed by atoms with Gasteiger partial charge in [0.25, 0.3) is 5.91 Å². The Morgan fingerprint density at radius 2 is 1.96 bits per heavy atom. The number of rotatable bonds is 8. The van der Waals surface area contributed by atoms with Gasteiger partial charge in [0.05, 0.1) is 18.8 Å². The molecule has 7 heteroatoms. The molecule has 142 valence electrons. The average molecular weight is 359 g/mol. The second-order valence-electron chi connectivity index (χ2n) is 6.79. The summed E-state index contributed by atoms with van der Waals surface area (Å²) < 4.78 is 5.33. The van der Waals surface area contributed by atoms with Crippen LogP contribution in [0.2, 0.25) is 0 Å². The molecule has 2 aliphatic rings. The Hall–Kier alpha value is -1.99. The number of carbonyl (C=O) groups excluding carboxylic acids is 1. The molecule has 1 aliphatic carbocycles. The van der Waals surface area contributed by atoms with E-state index in [0.717, 1.165) is 45.8 Å². The molecule has 1 aromatic heterocycles. The molecule has 1 saturated heterocycles. The van der Waals surface area contributed by atoms with Gasteiger partial charge < -0.3 is 15.4 Å². The number of nitrogens with zero attached hydrogens (tertiary/aromatic N) is 3. The van der Waals surface area contributed by atoms with Gasteiger partial charge in [0, 0.05) is 45.1 Å². The lowest BCUT2D eigenvalue weighted by Crippen LogP contribution is -2.39. The lowest BCUT2D eigenvalue weighted by molar-refractivity contribution is 0.0398. The van der Waals surface area contributed by atoms with Crippen LogP contribution in [0.1, 0.15) is 42.5 Å². The minimum atomic E-state index is -0.110. The van der Waals surface area contributed by atoms with Crippen molar-refractivity contribution in [1.29, 1.82) is 0 Å². The zero-order valence-electron chi connectivity index (χ0n) is 15.4. The number of nitrogens with one attached hydrogen (secondary N) is 2. The molecule has 7 nitrogen and oxygen atoms in total. The van der Waals surface area contributed by atoms with Crippen LogP contribution in [-0.2, 0) is 4.74 Å². The summed E-state index contributed by atoms with van der Waals surface area (Å²) in [5.74, 6) is 0.448. The minimum absolute atomic E-state index is 0.110. The number of carbonyl (C=O) groups is 1. The number of hydrogen-bond acceptors (Lipinski definition) is 6. The molecule has 0 bridgehead atoms. The van der Waals surface area contributed by atoms with E-state index in [1.807, 2.05) is 0 Å². The number of hydrogen-bond donors (Lipinski definition) is 2. The molecule has 0 radical (unpaired) electrons. The molecule has 0 spiro atoms. The molecule has 1 aromatic rings. The summed E-state index contributed by atoms with van der Waals surface area (Å²) >= 11 is 0. The van der Waals surface area contributed by atoms with E-state index in [4.69, 9.17) is 4.74 Å². The molecule has 0 aromatic carbocycles. The van der Waals surface area contributed by atoms with Crippen molar-refractivity contribution < 1.29 is 9.53 Å². The van der Waals surface area contributed by atoms with Gasteiger partial charge in [0.2, 0.25) is 5.95 Å². The Kier molecular flexibility index (Phi) is 7.39. The number of morpholine rings is 1. The highest BCUT2D eigenvalue weighted by Crippen LogP contribution is 2.19. The number of amides is 1. The lowest BCUT2D eigenvalue weighted by Gasteiger charge is -2.26. The van der Waals surface area contributed by atoms with Gasteiger partial charge in [-0.1, -0.05) is 11.6 Å². The van der Waals surface area contributed by atoms with Gasteiger partial charge in [-0.2, -0.15) is 0 Å². The van der Waals surface area contributed by atoms with E-state index in [2.05, 4.69) is 31.6 Å². The van der Waals surface area contributed by atoms with Crippen LogP contribution in [0, 0.1) is 0 Å². The van der Waals surface area contributed by atoms with Crippen molar-refractivity contribution >= 4 is 11.9 Å².